The smallest absolute Gasteiger partial charge is 0.335 e. The predicted octanol–water partition coefficient (Wildman–Crippen LogP) is 2.41. The molecule has 26 heavy (non-hydrogen) atoms. The van der Waals surface area contributed by atoms with Gasteiger partial charge in [0.1, 0.15) is 30.3 Å². The first-order valence-corrected chi connectivity index (χ1v) is 8.62. The molecule has 138 valence electrons. The van der Waals surface area contributed by atoms with Crippen molar-refractivity contribution in [3.63, 3.8) is 0 Å². The molecule has 3 rings (SSSR count). The lowest BCUT2D eigenvalue weighted by Gasteiger charge is -2.24. The van der Waals surface area contributed by atoms with Gasteiger partial charge in [-0.2, -0.15) is 0 Å². The zero-order chi connectivity index (χ0) is 18.5. The summed E-state index contributed by atoms with van der Waals surface area (Å²) < 4.78 is 11.5. The van der Waals surface area contributed by atoms with Crippen LogP contribution in [0.4, 0.5) is 0 Å². The molecule has 0 amide bonds. The number of aromatic carboxylic acids is 1. The van der Waals surface area contributed by atoms with E-state index in [4.69, 9.17) is 14.6 Å². The molecule has 2 unspecified atom stereocenters. The first-order valence-electron chi connectivity index (χ1n) is 8.62. The molecule has 6 heteroatoms. The highest BCUT2D eigenvalue weighted by atomic mass is 16.5. The second-order valence-corrected chi connectivity index (χ2v) is 6.52. The summed E-state index contributed by atoms with van der Waals surface area (Å²) in [7, 11) is 0. The molecule has 1 aliphatic rings. The van der Waals surface area contributed by atoms with Gasteiger partial charge in [-0.05, 0) is 37.3 Å². The third-order valence-electron chi connectivity index (χ3n) is 4.22. The summed E-state index contributed by atoms with van der Waals surface area (Å²) in [5, 5.41) is 19.2. The van der Waals surface area contributed by atoms with Crippen molar-refractivity contribution in [1.29, 1.82) is 0 Å². The average Bonchev–Trinajstić information content (AvgIpc) is 2.77. The van der Waals surface area contributed by atoms with Crippen LogP contribution in [-0.4, -0.2) is 53.0 Å². The third-order valence-corrected chi connectivity index (χ3v) is 4.22. The van der Waals surface area contributed by atoms with Crippen LogP contribution in [0.25, 0.3) is 0 Å². The van der Waals surface area contributed by atoms with E-state index in [1.807, 2.05) is 31.2 Å². The third kappa shape index (κ3) is 4.74. The van der Waals surface area contributed by atoms with Crippen LogP contribution in [0, 0.1) is 0 Å². The number of rotatable bonds is 6. The molecule has 0 bridgehead atoms. The van der Waals surface area contributed by atoms with Gasteiger partial charge in [-0.1, -0.05) is 18.2 Å². The Morgan fingerprint density at radius 3 is 2.73 bits per heavy atom. The van der Waals surface area contributed by atoms with Gasteiger partial charge in [0.15, 0.2) is 0 Å². The number of aliphatic hydroxyl groups is 1. The number of nitrogens with zero attached hydrogens (tertiary/aromatic N) is 1. The minimum Gasteiger partial charge on any atom is -0.491 e. The summed E-state index contributed by atoms with van der Waals surface area (Å²) in [6, 6.07) is 14.1. The Balaban J connectivity index is 1.54. The van der Waals surface area contributed by atoms with Crippen molar-refractivity contribution in [2.24, 2.45) is 0 Å². The van der Waals surface area contributed by atoms with E-state index in [0.717, 1.165) is 17.9 Å². The molecule has 2 atom stereocenters. The number of hydrogen-bond acceptors (Lipinski definition) is 5. The first kappa shape index (κ1) is 18.2. The Bertz CT molecular complexity index is 746. The summed E-state index contributed by atoms with van der Waals surface area (Å²) in [5.41, 5.74) is 1.31. The van der Waals surface area contributed by atoms with Crippen LogP contribution in [0.3, 0.4) is 0 Å². The van der Waals surface area contributed by atoms with Gasteiger partial charge >= 0.3 is 5.97 Å². The van der Waals surface area contributed by atoms with Crippen molar-refractivity contribution in [1.82, 2.24) is 4.90 Å². The van der Waals surface area contributed by atoms with Gasteiger partial charge < -0.3 is 19.7 Å². The molecule has 0 aromatic heterocycles. The van der Waals surface area contributed by atoms with E-state index >= 15 is 0 Å². The van der Waals surface area contributed by atoms with Crippen LogP contribution in [0.15, 0.2) is 48.5 Å². The zero-order valence-electron chi connectivity index (χ0n) is 14.7. The Hall–Kier alpha value is -2.57. The van der Waals surface area contributed by atoms with Crippen LogP contribution in [-0.2, 0) is 6.54 Å². The average molecular weight is 357 g/mol. The van der Waals surface area contributed by atoms with Crippen LogP contribution < -0.4 is 9.47 Å². The molecule has 2 aromatic carbocycles. The first-order chi connectivity index (χ1) is 12.5. The molecule has 1 heterocycles. The predicted molar refractivity (Wildman–Crippen MR) is 96.7 cm³/mol. The maximum atomic E-state index is 10.8. The van der Waals surface area contributed by atoms with E-state index in [9.17, 15) is 9.90 Å². The van der Waals surface area contributed by atoms with Crippen molar-refractivity contribution in [3.8, 4) is 11.5 Å². The van der Waals surface area contributed by atoms with Gasteiger partial charge in [-0.15, -0.1) is 0 Å². The quantitative estimate of drug-likeness (QED) is 0.827. The lowest BCUT2D eigenvalue weighted by atomic mass is 10.2. The maximum Gasteiger partial charge on any atom is 0.335 e. The van der Waals surface area contributed by atoms with Crippen molar-refractivity contribution in [2.75, 3.05) is 19.7 Å². The molecule has 2 N–H and O–H groups in total. The highest BCUT2D eigenvalue weighted by Crippen LogP contribution is 2.24. The number of carboxylic acids is 1. The molecule has 0 aliphatic carbocycles. The van der Waals surface area contributed by atoms with Crippen molar-refractivity contribution in [3.05, 3.63) is 59.7 Å². The monoisotopic (exact) mass is 357 g/mol. The SMILES string of the molecule is CC1CN(CC(O)COc2ccc(C(=O)O)cc2)Cc2ccccc2O1. The van der Waals surface area contributed by atoms with Gasteiger partial charge in [0, 0.05) is 25.2 Å². The van der Waals surface area contributed by atoms with Gasteiger partial charge in [0.2, 0.25) is 0 Å². The fraction of sp³-hybridized carbons (Fsp3) is 0.350. The highest BCUT2D eigenvalue weighted by molar-refractivity contribution is 5.87. The highest BCUT2D eigenvalue weighted by Gasteiger charge is 2.22. The summed E-state index contributed by atoms with van der Waals surface area (Å²) in [5.74, 6) is 0.452. The molecule has 0 fully saturated rings. The largest absolute Gasteiger partial charge is 0.491 e. The maximum absolute atomic E-state index is 10.8. The summed E-state index contributed by atoms with van der Waals surface area (Å²) in [4.78, 5) is 13.0. The van der Waals surface area contributed by atoms with E-state index in [2.05, 4.69) is 4.90 Å². The normalized spacial score (nSPS) is 18.3. The topological polar surface area (TPSA) is 79.2 Å². The van der Waals surface area contributed by atoms with E-state index in [0.29, 0.717) is 18.8 Å². The van der Waals surface area contributed by atoms with Crippen LogP contribution in [0.5, 0.6) is 11.5 Å². The number of fused-ring (bicyclic) bond motifs is 1. The summed E-state index contributed by atoms with van der Waals surface area (Å²) >= 11 is 0. The molecule has 1 aliphatic heterocycles. The zero-order valence-corrected chi connectivity index (χ0v) is 14.7. The summed E-state index contributed by atoms with van der Waals surface area (Å²) in [6.45, 7) is 4.06. The van der Waals surface area contributed by atoms with E-state index in [1.165, 1.54) is 12.1 Å². The van der Waals surface area contributed by atoms with Crippen LogP contribution >= 0.6 is 0 Å². The number of β-amino-alcohol motifs (C(OH)–C–C–N with tert-alkyl or cyclic N) is 1. The van der Waals surface area contributed by atoms with Crippen LogP contribution in [0.2, 0.25) is 0 Å². The van der Waals surface area contributed by atoms with E-state index in [1.54, 1.807) is 12.1 Å². The van der Waals surface area contributed by atoms with Gasteiger partial charge in [0.05, 0.1) is 5.56 Å². The van der Waals surface area contributed by atoms with Crippen LogP contribution in [0.1, 0.15) is 22.8 Å². The number of carbonyl (C=O) groups is 1. The van der Waals surface area contributed by atoms with Gasteiger partial charge in [-0.3, -0.25) is 4.90 Å². The molecule has 0 radical (unpaired) electrons. The van der Waals surface area contributed by atoms with Gasteiger partial charge in [0.25, 0.3) is 0 Å². The number of aliphatic hydroxyl groups excluding tert-OH is 1. The van der Waals surface area contributed by atoms with Gasteiger partial charge in [-0.25, -0.2) is 4.79 Å². The molecule has 2 aromatic rings. The lowest BCUT2D eigenvalue weighted by molar-refractivity contribution is 0.0559. The fourth-order valence-corrected chi connectivity index (χ4v) is 3.05. The standard InChI is InChI=1S/C20H23NO5/c1-14-10-21(11-16-4-2-3-5-19(16)26-14)12-17(22)13-25-18-8-6-15(7-9-18)20(23)24/h2-9,14,17,22H,10-13H2,1H3,(H,23,24). The second kappa shape index (κ2) is 8.21. The fourth-order valence-electron chi connectivity index (χ4n) is 3.05. The number of ether oxygens (including phenoxy) is 2. The summed E-state index contributed by atoms with van der Waals surface area (Å²) in [6.07, 6.45) is -0.623. The Morgan fingerprint density at radius 2 is 2.00 bits per heavy atom. The second-order valence-electron chi connectivity index (χ2n) is 6.52. The molecular weight excluding hydrogens is 334 g/mol. The van der Waals surface area contributed by atoms with Crippen molar-refractivity contribution >= 4 is 5.97 Å². The Kier molecular flexibility index (Phi) is 5.75. The number of benzene rings is 2. The lowest BCUT2D eigenvalue weighted by Crippen LogP contribution is -2.38. The molecule has 0 saturated carbocycles. The van der Waals surface area contributed by atoms with Crippen molar-refractivity contribution in [2.45, 2.75) is 25.7 Å². The Morgan fingerprint density at radius 1 is 1.27 bits per heavy atom. The minimum absolute atomic E-state index is 0.0373. The number of para-hydroxylation sites is 1. The molecule has 0 spiro atoms. The van der Waals surface area contributed by atoms with E-state index < -0.39 is 12.1 Å². The minimum atomic E-state index is -0.977. The Labute approximate surface area is 152 Å². The number of carboxylic acid groups (broad SMARTS) is 1. The molecule has 0 saturated heterocycles. The van der Waals surface area contributed by atoms with E-state index in [-0.39, 0.29) is 18.3 Å². The molecule has 6 nitrogen and oxygen atoms in total. The molecular formula is C20H23NO5. The number of hydrogen-bond donors (Lipinski definition) is 2. The van der Waals surface area contributed by atoms with Crippen molar-refractivity contribution < 1.29 is 24.5 Å².